The number of nitrogens with zero attached hydrogens (tertiary/aromatic N) is 2. The van der Waals surface area contributed by atoms with Gasteiger partial charge in [0.2, 0.25) is 0 Å². The van der Waals surface area contributed by atoms with E-state index in [0.717, 1.165) is 25.7 Å². The molecule has 0 aromatic rings. The van der Waals surface area contributed by atoms with E-state index in [4.69, 9.17) is 10.2 Å². The topological polar surface area (TPSA) is 91.9 Å². The molecule has 0 aromatic heterocycles. The maximum atomic E-state index is 11.0. The molecule has 1 saturated carbocycles. The average molecular weight is 324 g/mol. The maximum absolute atomic E-state index is 11.0. The van der Waals surface area contributed by atoms with Crippen molar-refractivity contribution in [3.05, 3.63) is 5.32 Å². The van der Waals surface area contributed by atoms with Crippen molar-refractivity contribution in [1.29, 1.82) is 0 Å². The molecular formula is C14H25KN2O4. The van der Waals surface area contributed by atoms with Gasteiger partial charge >= 0.3 is 57.4 Å². The van der Waals surface area contributed by atoms with Crippen molar-refractivity contribution in [1.82, 2.24) is 4.90 Å². The van der Waals surface area contributed by atoms with E-state index in [1.54, 1.807) is 0 Å². The molecule has 0 heterocycles. The number of aliphatic carboxylic acids is 2. The number of hydrogen-bond donors (Lipinski definition) is 2. The van der Waals surface area contributed by atoms with Gasteiger partial charge in [-0.1, -0.05) is 33.1 Å². The van der Waals surface area contributed by atoms with Crippen LogP contribution in [0.25, 0.3) is 5.32 Å². The standard InChI is InChI=1S/C14H25N2O4.K/c1-10(2)8-16(9-14(19)20)12-6-4-3-5-11(12)15-7-13(17)18;/h10-12H,3-9H2,1-2H3,(H,17,18)(H,19,20);/q-1;+1. The molecule has 6 nitrogen and oxygen atoms in total. The van der Waals surface area contributed by atoms with Crippen molar-refractivity contribution in [2.75, 3.05) is 19.6 Å². The monoisotopic (exact) mass is 324 g/mol. The molecule has 0 radical (unpaired) electrons. The molecule has 0 aliphatic heterocycles. The minimum atomic E-state index is -0.928. The second-order valence-electron chi connectivity index (χ2n) is 5.87. The third-order valence-electron chi connectivity index (χ3n) is 3.56. The smallest absolute Gasteiger partial charge is 0.649 e. The van der Waals surface area contributed by atoms with Gasteiger partial charge in [-0.25, -0.2) is 0 Å². The Bertz CT molecular complexity index is 339. The summed E-state index contributed by atoms with van der Waals surface area (Å²) >= 11 is 0. The van der Waals surface area contributed by atoms with Crippen molar-refractivity contribution < 1.29 is 71.2 Å². The van der Waals surface area contributed by atoms with Crippen LogP contribution in [-0.2, 0) is 9.59 Å². The average Bonchev–Trinajstić information content (AvgIpc) is 2.34. The van der Waals surface area contributed by atoms with Crippen LogP contribution in [-0.4, -0.2) is 58.8 Å². The van der Waals surface area contributed by atoms with E-state index in [-0.39, 0.29) is 76.6 Å². The fraction of sp³-hybridized carbons (Fsp3) is 0.857. The first-order valence-corrected chi connectivity index (χ1v) is 7.24. The second-order valence-corrected chi connectivity index (χ2v) is 5.87. The molecule has 116 valence electrons. The van der Waals surface area contributed by atoms with Crippen molar-refractivity contribution in [2.24, 2.45) is 5.92 Å². The maximum Gasteiger partial charge on any atom is 1.00 e. The van der Waals surface area contributed by atoms with Gasteiger partial charge in [0, 0.05) is 6.54 Å². The van der Waals surface area contributed by atoms with Crippen molar-refractivity contribution in [3.8, 4) is 0 Å². The normalized spacial score (nSPS) is 22.1. The van der Waals surface area contributed by atoms with Gasteiger partial charge in [-0.15, -0.1) is 6.04 Å². The Morgan fingerprint density at radius 3 is 2.33 bits per heavy atom. The predicted molar refractivity (Wildman–Crippen MR) is 76.0 cm³/mol. The van der Waals surface area contributed by atoms with E-state index in [2.05, 4.69) is 19.2 Å². The van der Waals surface area contributed by atoms with Crippen LogP contribution in [0.1, 0.15) is 39.5 Å². The molecule has 0 bridgehead atoms. The summed E-state index contributed by atoms with van der Waals surface area (Å²) in [7, 11) is 0. The van der Waals surface area contributed by atoms with Crippen LogP contribution < -0.4 is 51.4 Å². The fourth-order valence-corrected chi connectivity index (χ4v) is 2.89. The molecule has 1 aliphatic carbocycles. The molecule has 1 rings (SSSR count). The number of carbonyl (C=O) groups is 2. The Labute approximate surface area is 169 Å². The minimum absolute atomic E-state index is 0. The van der Waals surface area contributed by atoms with Gasteiger partial charge in [0.05, 0.1) is 6.54 Å². The first-order valence-electron chi connectivity index (χ1n) is 7.24. The Balaban J connectivity index is 0.00000400. The minimum Gasteiger partial charge on any atom is -0.649 e. The summed E-state index contributed by atoms with van der Waals surface area (Å²) in [5, 5.41) is 22.1. The van der Waals surface area contributed by atoms with Crippen LogP contribution in [0.4, 0.5) is 0 Å². The van der Waals surface area contributed by atoms with Crippen LogP contribution in [0, 0.1) is 5.92 Å². The SMILES string of the molecule is CC(C)CN(CC(=O)O)C1CCCCC1[N-]CC(=O)O.[K+]. The van der Waals surface area contributed by atoms with Crippen LogP contribution in [0.2, 0.25) is 0 Å². The molecule has 7 heteroatoms. The molecule has 2 atom stereocenters. The summed E-state index contributed by atoms with van der Waals surface area (Å²) in [5.41, 5.74) is 0. The predicted octanol–water partition coefficient (Wildman–Crippen LogP) is -1.20. The van der Waals surface area contributed by atoms with Crippen LogP contribution in [0.5, 0.6) is 0 Å². The van der Waals surface area contributed by atoms with E-state index in [9.17, 15) is 9.59 Å². The molecule has 0 saturated heterocycles. The van der Waals surface area contributed by atoms with Crippen molar-refractivity contribution in [2.45, 2.75) is 51.6 Å². The number of carboxylic acids is 2. The van der Waals surface area contributed by atoms with E-state index in [1.807, 2.05) is 4.90 Å². The van der Waals surface area contributed by atoms with Gasteiger partial charge in [-0.2, -0.15) is 0 Å². The molecule has 2 unspecified atom stereocenters. The van der Waals surface area contributed by atoms with Crippen LogP contribution in [0.15, 0.2) is 0 Å². The van der Waals surface area contributed by atoms with E-state index in [1.165, 1.54) is 0 Å². The summed E-state index contributed by atoms with van der Waals surface area (Å²) in [6.45, 7) is 4.63. The van der Waals surface area contributed by atoms with Crippen molar-refractivity contribution in [3.63, 3.8) is 0 Å². The molecule has 0 spiro atoms. The summed E-state index contributed by atoms with van der Waals surface area (Å²) < 4.78 is 0. The third kappa shape index (κ3) is 8.64. The van der Waals surface area contributed by atoms with Gasteiger partial charge in [-0.3, -0.25) is 14.5 Å². The Morgan fingerprint density at radius 2 is 1.81 bits per heavy atom. The number of rotatable bonds is 8. The Morgan fingerprint density at radius 1 is 1.19 bits per heavy atom. The molecular weight excluding hydrogens is 299 g/mol. The summed E-state index contributed by atoms with van der Waals surface area (Å²) in [6, 6.07) is -0.000417. The summed E-state index contributed by atoms with van der Waals surface area (Å²) in [5.74, 6) is -1.40. The van der Waals surface area contributed by atoms with E-state index in [0.29, 0.717) is 12.5 Å². The molecule has 21 heavy (non-hydrogen) atoms. The van der Waals surface area contributed by atoms with Gasteiger partial charge in [0.1, 0.15) is 0 Å². The Hall–Kier alpha value is 0.496. The summed E-state index contributed by atoms with van der Waals surface area (Å²) in [6.07, 6.45) is 3.84. The zero-order valence-electron chi connectivity index (χ0n) is 13.3. The van der Waals surface area contributed by atoms with Gasteiger partial charge in [-0.05, 0) is 24.9 Å². The quantitative estimate of drug-likeness (QED) is 0.547. The number of carboxylic acid groups (broad SMARTS) is 2. The van der Waals surface area contributed by atoms with Crippen LogP contribution in [0.3, 0.4) is 0 Å². The second kappa shape index (κ2) is 11.1. The van der Waals surface area contributed by atoms with E-state index >= 15 is 0 Å². The molecule has 0 aromatic carbocycles. The summed E-state index contributed by atoms with van der Waals surface area (Å²) in [4.78, 5) is 23.7. The zero-order valence-corrected chi connectivity index (χ0v) is 16.4. The Kier molecular flexibility index (Phi) is 11.4. The largest absolute Gasteiger partial charge is 1.00 e. The van der Waals surface area contributed by atoms with E-state index < -0.39 is 11.9 Å². The fourth-order valence-electron chi connectivity index (χ4n) is 2.89. The van der Waals surface area contributed by atoms with Gasteiger partial charge in [0.25, 0.3) is 5.97 Å². The molecule has 0 amide bonds. The zero-order chi connectivity index (χ0) is 15.1. The third-order valence-corrected chi connectivity index (χ3v) is 3.56. The van der Waals surface area contributed by atoms with Gasteiger partial charge < -0.3 is 15.5 Å². The van der Waals surface area contributed by atoms with Crippen molar-refractivity contribution >= 4 is 11.9 Å². The first kappa shape index (κ1) is 21.5. The first-order chi connectivity index (χ1) is 9.40. The van der Waals surface area contributed by atoms with Crippen LogP contribution >= 0.6 is 0 Å². The molecule has 1 fully saturated rings. The molecule has 2 N–H and O–H groups in total. The number of hydrogen-bond acceptors (Lipinski definition) is 3. The molecule has 1 aliphatic rings. The van der Waals surface area contributed by atoms with Gasteiger partial charge in [0.15, 0.2) is 0 Å².